The Labute approximate surface area is 241 Å². The minimum absolute atomic E-state index is 0.130. The fraction of sp³-hybridized carbons (Fsp3) is 0.469. The van der Waals surface area contributed by atoms with Crippen LogP contribution in [-0.2, 0) is 20.8 Å². The van der Waals surface area contributed by atoms with Crippen LogP contribution in [0.15, 0.2) is 42.5 Å². The molecular weight excluding hydrogens is 524 g/mol. The normalized spacial score (nSPS) is 16.0. The number of piperidine rings is 1. The van der Waals surface area contributed by atoms with Gasteiger partial charge in [-0.2, -0.15) is 0 Å². The number of esters is 1. The number of amides is 1. The van der Waals surface area contributed by atoms with Crippen LogP contribution in [-0.4, -0.2) is 64.1 Å². The number of carbonyl (C=O) groups excluding carboxylic acids is 3. The van der Waals surface area contributed by atoms with Crippen LogP contribution in [0.5, 0.6) is 0 Å². The number of aliphatic hydroxyl groups excluding tert-OH is 1. The Morgan fingerprint density at radius 1 is 0.927 bits per heavy atom. The smallest absolute Gasteiger partial charge is 0.419 e. The van der Waals surface area contributed by atoms with Gasteiger partial charge in [0.1, 0.15) is 11.2 Å². The second-order valence-electron chi connectivity index (χ2n) is 12.4. The predicted molar refractivity (Wildman–Crippen MR) is 156 cm³/mol. The standard InChI is InChI=1S/C32H40N2O7/c1-31(2,3)40-29(37)33-17-9-10-22(18-33)20-13-15-21(16-14-20)27-24(19-35)26-23(28(36)39-7)11-8-12-25(26)34(27)30(38)41-32(4,5)6/h8,11-16,22,35H,9-10,17-19H2,1-7H3. The molecule has 1 N–H and O–H groups in total. The molecule has 0 radical (unpaired) electrons. The molecule has 2 aromatic carbocycles. The third-order valence-corrected chi connectivity index (χ3v) is 6.96. The number of ether oxygens (including phenoxy) is 3. The van der Waals surface area contributed by atoms with Crippen molar-refractivity contribution >= 4 is 29.1 Å². The van der Waals surface area contributed by atoms with E-state index in [-0.39, 0.29) is 17.6 Å². The Morgan fingerprint density at radius 2 is 1.56 bits per heavy atom. The lowest BCUT2D eigenvalue weighted by atomic mass is 9.90. The molecule has 9 heteroatoms. The predicted octanol–water partition coefficient (Wildman–Crippen LogP) is 6.48. The quantitative estimate of drug-likeness (QED) is 0.285. The summed E-state index contributed by atoms with van der Waals surface area (Å²) < 4.78 is 17.7. The molecule has 1 saturated heterocycles. The molecule has 1 unspecified atom stereocenters. The molecule has 3 aromatic rings. The molecule has 2 heterocycles. The number of aromatic nitrogens is 1. The van der Waals surface area contributed by atoms with Crippen molar-refractivity contribution in [2.24, 2.45) is 0 Å². The number of fused-ring (bicyclic) bond motifs is 1. The van der Waals surface area contributed by atoms with Gasteiger partial charge in [0.05, 0.1) is 30.5 Å². The van der Waals surface area contributed by atoms with Gasteiger partial charge in [0.2, 0.25) is 0 Å². The van der Waals surface area contributed by atoms with Crippen LogP contribution >= 0.6 is 0 Å². The van der Waals surface area contributed by atoms with Crippen LogP contribution in [0.4, 0.5) is 9.59 Å². The zero-order valence-corrected chi connectivity index (χ0v) is 24.9. The van der Waals surface area contributed by atoms with Gasteiger partial charge in [-0.3, -0.25) is 0 Å². The van der Waals surface area contributed by atoms with Crippen molar-refractivity contribution in [2.75, 3.05) is 20.2 Å². The highest BCUT2D eigenvalue weighted by Gasteiger charge is 2.31. The molecule has 1 fully saturated rings. The zero-order chi connectivity index (χ0) is 30.1. The molecular formula is C32H40N2O7. The maximum Gasteiger partial charge on any atom is 0.419 e. The lowest BCUT2D eigenvalue weighted by Crippen LogP contribution is -2.42. The molecule has 1 aromatic heterocycles. The van der Waals surface area contributed by atoms with E-state index in [1.165, 1.54) is 11.7 Å². The molecule has 0 aliphatic carbocycles. The molecule has 0 saturated carbocycles. The summed E-state index contributed by atoms with van der Waals surface area (Å²) in [4.78, 5) is 40.7. The van der Waals surface area contributed by atoms with Gasteiger partial charge in [-0.15, -0.1) is 0 Å². The summed E-state index contributed by atoms with van der Waals surface area (Å²) in [6.07, 6.45) is 0.864. The molecule has 0 spiro atoms. The van der Waals surface area contributed by atoms with Gasteiger partial charge in [-0.25, -0.2) is 19.0 Å². The third kappa shape index (κ3) is 6.56. The Balaban J connectivity index is 1.77. The molecule has 220 valence electrons. The van der Waals surface area contributed by atoms with E-state index in [1.54, 1.807) is 43.9 Å². The second kappa shape index (κ2) is 11.6. The second-order valence-corrected chi connectivity index (χ2v) is 12.4. The van der Waals surface area contributed by atoms with Gasteiger partial charge >= 0.3 is 18.2 Å². The fourth-order valence-electron chi connectivity index (χ4n) is 5.31. The number of likely N-dealkylation sites (tertiary alicyclic amines) is 1. The minimum atomic E-state index is -0.769. The highest BCUT2D eigenvalue weighted by Crippen LogP contribution is 2.38. The fourth-order valence-corrected chi connectivity index (χ4v) is 5.31. The van der Waals surface area contributed by atoms with Crippen LogP contribution in [0.25, 0.3) is 22.2 Å². The molecule has 1 amide bonds. The van der Waals surface area contributed by atoms with Crippen molar-refractivity contribution in [3.8, 4) is 11.3 Å². The number of hydrogen-bond donors (Lipinski definition) is 1. The maximum absolute atomic E-state index is 13.6. The summed E-state index contributed by atoms with van der Waals surface area (Å²) in [5.74, 6) is -0.439. The molecule has 1 aliphatic heterocycles. The highest BCUT2D eigenvalue weighted by molar-refractivity contribution is 6.10. The molecule has 41 heavy (non-hydrogen) atoms. The Kier molecular flexibility index (Phi) is 8.49. The van der Waals surface area contributed by atoms with Crippen molar-refractivity contribution in [3.63, 3.8) is 0 Å². The van der Waals surface area contributed by atoms with Gasteiger partial charge in [0.15, 0.2) is 0 Å². The van der Waals surface area contributed by atoms with Gasteiger partial charge in [-0.05, 0) is 77.6 Å². The van der Waals surface area contributed by atoms with Gasteiger partial charge < -0.3 is 24.2 Å². The van der Waals surface area contributed by atoms with E-state index < -0.39 is 29.9 Å². The molecule has 1 aliphatic rings. The Morgan fingerprint density at radius 3 is 2.15 bits per heavy atom. The average molecular weight is 565 g/mol. The number of aliphatic hydroxyl groups is 1. The summed E-state index contributed by atoms with van der Waals surface area (Å²) in [6, 6.07) is 12.8. The van der Waals surface area contributed by atoms with E-state index in [4.69, 9.17) is 14.2 Å². The van der Waals surface area contributed by atoms with Gasteiger partial charge in [-0.1, -0.05) is 30.3 Å². The van der Waals surface area contributed by atoms with Crippen LogP contribution in [0.1, 0.15) is 81.8 Å². The summed E-state index contributed by atoms with van der Waals surface area (Å²) in [7, 11) is 1.29. The van der Waals surface area contributed by atoms with E-state index in [2.05, 4.69) is 0 Å². The van der Waals surface area contributed by atoms with E-state index in [1.807, 2.05) is 45.0 Å². The first-order valence-electron chi connectivity index (χ1n) is 13.9. The lowest BCUT2D eigenvalue weighted by Gasteiger charge is -2.34. The monoisotopic (exact) mass is 564 g/mol. The minimum Gasteiger partial charge on any atom is -0.465 e. The number of nitrogens with zero attached hydrogens (tertiary/aromatic N) is 2. The lowest BCUT2D eigenvalue weighted by molar-refractivity contribution is 0.0198. The Bertz CT molecular complexity index is 1440. The van der Waals surface area contributed by atoms with Crippen molar-refractivity contribution in [1.29, 1.82) is 0 Å². The van der Waals surface area contributed by atoms with E-state index in [0.29, 0.717) is 40.8 Å². The largest absolute Gasteiger partial charge is 0.465 e. The molecule has 4 rings (SSSR count). The zero-order valence-electron chi connectivity index (χ0n) is 24.9. The number of methoxy groups -OCH3 is 1. The summed E-state index contributed by atoms with van der Waals surface area (Å²) in [6.45, 7) is 11.7. The molecule has 1 atom stereocenters. The van der Waals surface area contributed by atoms with E-state index in [0.717, 1.165) is 18.4 Å². The van der Waals surface area contributed by atoms with Crippen molar-refractivity contribution in [1.82, 2.24) is 9.47 Å². The van der Waals surface area contributed by atoms with Gasteiger partial charge in [0.25, 0.3) is 0 Å². The van der Waals surface area contributed by atoms with Crippen molar-refractivity contribution < 1.29 is 33.7 Å². The number of hydrogen-bond acceptors (Lipinski definition) is 7. The first kappa shape index (κ1) is 30.1. The third-order valence-electron chi connectivity index (χ3n) is 6.96. The summed E-state index contributed by atoms with van der Waals surface area (Å²) >= 11 is 0. The summed E-state index contributed by atoms with van der Waals surface area (Å²) in [5.41, 5.74) is 1.96. The topological polar surface area (TPSA) is 107 Å². The number of benzene rings is 2. The first-order chi connectivity index (χ1) is 19.2. The first-order valence-corrected chi connectivity index (χ1v) is 13.9. The molecule has 0 bridgehead atoms. The van der Waals surface area contributed by atoms with E-state index >= 15 is 0 Å². The van der Waals surface area contributed by atoms with Crippen molar-refractivity contribution in [2.45, 2.75) is 78.1 Å². The van der Waals surface area contributed by atoms with E-state index in [9.17, 15) is 19.5 Å². The van der Waals surface area contributed by atoms with Crippen molar-refractivity contribution in [3.05, 3.63) is 59.2 Å². The highest BCUT2D eigenvalue weighted by atomic mass is 16.6. The Hall–Kier alpha value is -3.85. The van der Waals surface area contributed by atoms with Crippen LogP contribution in [0.2, 0.25) is 0 Å². The maximum atomic E-state index is 13.6. The van der Waals surface area contributed by atoms with Crippen LogP contribution in [0.3, 0.4) is 0 Å². The van der Waals surface area contributed by atoms with Crippen LogP contribution in [0, 0.1) is 0 Å². The number of carbonyl (C=O) groups is 3. The number of rotatable bonds is 4. The average Bonchev–Trinajstić information content (AvgIpc) is 3.25. The molecule has 9 nitrogen and oxygen atoms in total. The summed E-state index contributed by atoms with van der Waals surface area (Å²) in [5, 5.41) is 11.0. The van der Waals surface area contributed by atoms with Gasteiger partial charge in [0, 0.05) is 30.0 Å². The van der Waals surface area contributed by atoms with Crippen LogP contribution < -0.4 is 0 Å². The SMILES string of the molecule is COC(=O)c1cccc2c1c(CO)c(-c1ccc(C3CCCN(C(=O)OC(C)(C)C)C3)cc1)n2C(=O)OC(C)(C)C.